The first kappa shape index (κ1) is 27.7. The number of nitro groups is 1. The molecule has 0 N–H and O–H groups in total. The molecule has 1 aromatic heterocycles. The highest BCUT2D eigenvalue weighted by atomic mass is 32.2. The Hall–Kier alpha value is -2.29. The molecule has 0 bridgehead atoms. The summed E-state index contributed by atoms with van der Waals surface area (Å²) < 4.78 is 68.1. The molecular weight excluding hydrogens is 535 g/mol. The van der Waals surface area contributed by atoms with E-state index < -0.39 is 37.9 Å². The van der Waals surface area contributed by atoms with Crippen LogP contribution < -0.4 is 10.3 Å². The summed E-state index contributed by atoms with van der Waals surface area (Å²) in [5.41, 5.74) is -2.62. The number of non-ortho nitro benzene ring substituents is 1. The number of fused-ring (bicyclic) bond motifs is 1. The Bertz CT molecular complexity index is 1320. The minimum atomic E-state index is -4.80. The molecule has 0 radical (unpaired) electrons. The molecule has 0 atom stereocenters. The van der Waals surface area contributed by atoms with E-state index in [1.807, 2.05) is 4.90 Å². The van der Waals surface area contributed by atoms with Crippen molar-refractivity contribution in [3.05, 3.63) is 44.1 Å². The molecule has 1 aromatic carbocycles. The molecule has 14 heteroatoms. The molecule has 2 heterocycles. The second-order valence-electron chi connectivity index (χ2n) is 9.45. The number of hydrogen-bond donors (Lipinski definition) is 0. The summed E-state index contributed by atoms with van der Waals surface area (Å²) in [6, 6.07) is 2.43. The molecule has 1 aliphatic carbocycles. The van der Waals surface area contributed by atoms with Gasteiger partial charge in [0.1, 0.15) is 4.70 Å². The number of anilines is 1. The fourth-order valence-electron chi connectivity index (χ4n) is 4.88. The summed E-state index contributed by atoms with van der Waals surface area (Å²) >= 11 is 0.961. The molecule has 1 saturated carbocycles. The Labute approximate surface area is 216 Å². The third-order valence-corrected chi connectivity index (χ3v) is 9.44. The van der Waals surface area contributed by atoms with E-state index in [2.05, 4.69) is 4.90 Å². The molecule has 0 unspecified atom stereocenters. The summed E-state index contributed by atoms with van der Waals surface area (Å²) in [6.45, 7) is 4.97. The van der Waals surface area contributed by atoms with Crippen LogP contribution >= 0.6 is 11.3 Å². The van der Waals surface area contributed by atoms with Crippen molar-refractivity contribution in [1.29, 1.82) is 0 Å². The highest BCUT2D eigenvalue weighted by Crippen LogP contribution is 2.39. The van der Waals surface area contributed by atoms with Crippen LogP contribution in [-0.4, -0.2) is 62.8 Å². The lowest BCUT2D eigenvalue weighted by atomic mass is 9.87. The number of nitro benzene ring substituents is 1. The Morgan fingerprint density at radius 2 is 1.76 bits per heavy atom. The highest BCUT2D eigenvalue weighted by molar-refractivity contribution is 7.86. The molecule has 37 heavy (non-hydrogen) atoms. The molecule has 2 fully saturated rings. The van der Waals surface area contributed by atoms with Crippen LogP contribution in [0.15, 0.2) is 23.0 Å². The van der Waals surface area contributed by atoms with Crippen LogP contribution in [0.1, 0.15) is 38.2 Å². The van der Waals surface area contributed by atoms with Crippen molar-refractivity contribution in [2.45, 2.75) is 44.9 Å². The van der Waals surface area contributed by atoms with Crippen molar-refractivity contribution < 1.29 is 30.7 Å². The monoisotopic (exact) mass is 563 g/mol. The van der Waals surface area contributed by atoms with Gasteiger partial charge < -0.3 is 4.90 Å². The second-order valence-corrected chi connectivity index (χ2v) is 12.4. The van der Waals surface area contributed by atoms with Gasteiger partial charge in [0.05, 0.1) is 27.3 Å². The molecule has 0 spiro atoms. The van der Waals surface area contributed by atoms with E-state index in [-0.39, 0.29) is 21.9 Å². The topological polar surface area (TPSA) is 110 Å². The first-order valence-corrected chi connectivity index (χ1v) is 14.5. The molecule has 204 valence electrons. The summed E-state index contributed by atoms with van der Waals surface area (Å²) in [6.07, 6.45) is -1.91. The van der Waals surface area contributed by atoms with E-state index in [1.165, 1.54) is 6.07 Å². The molecule has 1 aliphatic heterocycles. The van der Waals surface area contributed by atoms with Crippen LogP contribution in [0, 0.1) is 16.0 Å². The van der Waals surface area contributed by atoms with Gasteiger partial charge in [-0.25, -0.2) is 0 Å². The first-order chi connectivity index (χ1) is 17.4. The molecule has 0 amide bonds. The third kappa shape index (κ3) is 6.59. The van der Waals surface area contributed by atoms with Crippen LogP contribution in [0.4, 0.5) is 23.9 Å². The first-order valence-electron chi connectivity index (χ1n) is 12.1. The molecule has 9 nitrogen and oxygen atoms in total. The quantitative estimate of drug-likeness (QED) is 0.280. The Kier molecular flexibility index (Phi) is 8.12. The van der Waals surface area contributed by atoms with Gasteiger partial charge in [0.25, 0.3) is 15.8 Å². The maximum atomic E-state index is 13.2. The minimum Gasteiger partial charge on any atom is -0.361 e. The van der Waals surface area contributed by atoms with Crippen LogP contribution in [0.2, 0.25) is 0 Å². The minimum absolute atomic E-state index is 0.0367. The lowest BCUT2D eigenvalue weighted by Crippen LogP contribution is -2.48. The Morgan fingerprint density at radius 3 is 2.32 bits per heavy atom. The smallest absolute Gasteiger partial charge is 0.361 e. The van der Waals surface area contributed by atoms with Gasteiger partial charge in [-0.15, -0.1) is 11.3 Å². The maximum Gasteiger partial charge on any atom is 0.416 e. The van der Waals surface area contributed by atoms with E-state index in [4.69, 9.17) is 4.18 Å². The van der Waals surface area contributed by atoms with Gasteiger partial charge in [-0.05, 0) is 44.6 Å². The number of piperazine rings is 1. The van der Waals surface area contributed by atoms with Crippen LogP contribution in [0.5, 0.6) is 0 Å². The van der Waals surface area contributed by atoms with Crippen molar-refractivity contribution >= 4 is 42.2 Å². The van der Waals surface area contributed by atoms with Crippen molar-refractivity contribution in [3.8, 4) is 0 Å². The van der Waals surface area contributed by atoms with Gasteiger partial charge in [0.2, 0.25) is 0 Å². The normalized spacial score (nSPS) is 21.9. The fraction of sp³-hybridized carbons (Fsp3) is 0.609. The largest absolute Gasteiger partial charge is 0.416 e. The molecular formula is C23H28F3N3O6S2. The number of benzene rings is 1. The zero-order valence-electron chi connectivity index (χ0n) is 20.2. The zero-order valence-corrected chi connectivity index (χ0v) is 21.8. The number of alkyl halides is 3. The summed E-state index contributed by atoms with van der Waals surface area (Å²) in [5.74, 6) is 0.392. The van der Waals surface area contributed by atoms with Gasteiger partial charge in [0.15, 0.2) is 5.43 Å². The Balaban J connectivity index is 1.40. The maximum absolute atomic E-state index is 13.2. The lowest BCUT2D eigenvalue weighted by Gasteiger charge is -2.38. The zero-order chi connectivity index (χ0) is 27.0. The summed E-state index contributed by atoms with van der Waals surface area (Å²) in [5, 5.41) is 11.7. The van der Waals surface area contributed by atoms with Gasteiger partial charge >= 0.3 is 6.18 Å². The van der Waals surface area contributed by atoms with E-state index in [9.17, 15) is 36.5 Å². The standard InChI is InChI=1S/C23H28F3N3O6S2/c1-2-37(33,34)35-17-5-3-15(4-6-17)14-27-7-9-28(10-8-27)21-13-20(30)18-11-16(23(24,25)26)12-19(29(31)32)22(18)36-21/h11-13,15,17H,2-10,14H2,1H3. The molecule has 1 saturated heterocycles. The van der Waals surface area contributed by atoms with Crippen LogP contribution in [-0.2, 0) is 20.5 Å². The van der Waals surface area contributed by atoms with Crippen LogP contribution in [0.25, 0.3) is 10.1 Å². The molecule has 2 aromatic rings. The van der Waals surface area contributed by atoms with E-state index >= 15 is 0 Å². The van der Waals surface area contributed by atoms with Crippen molar-refractivity contribution in [1.82, 2.24) is 4.90 Å². The second kappa shape index (κ2) is 10.8. The number of rotatable bonds is 7. The number of halogens is 3. The third-order valence-electron chi connectivity index (χ3n) is 6.95. The van der Waals surface area contributed by atoms with Gasteiger partial charge in [-0.3, -0.25) is 24.0 Å². The van der Waals surface area contributed by atoms with Gasteiger partial charge in [0, 0.05) is 50.2 Å². The van der Waals surface area contributed by atoms with Crippen molar-refractivity contribution in [3.63, 3.8) is 0 Å². The average molecular weight is 564 g/mol. The average Bonchev–Trinajstić information content (AvgIpc) is 2.84. The van der Waals surface area contributed by atoms with Crippen LogP contribution in [0.3, 0.4) is 0 Å². The molecule has 4 rings (SSSR count). The van der Waals surface area contributed by atoms with Gasteiger partial charge in [-0.2, -0.15) is 21.6 Å². The van der Waals surface area contributed by atoms with Crippen molar-refractivity contribution in [2.75, 3.05) is 43.4 Å². The number of hydrogen-bond acceptors (Lipinski definition) is 9. The highest BCUT2D eigenvalue weighted by Gasteiger charge is 2.34. The van der Waals surface area contributed by atoms with E-state index in [0.717, 1.165) is 30.7 Å². The van der Waals surface area contributed by atoms with Crippen molar-refractivity contribution in [2.24, 2.45) is 5.92 Å². The predicted octanol–water partition coefficient (Wildman–Crippen LogP) is 4.24. The van der Waals surface area contributed by atoms with E-state index in [1.54, 1.807) is 6.92 Å². The summed E-state index contributed by atoms with van der Waals surface area (Å²) in [7, 11) is -3.45. The van der Waals surface area contributed by atoms with E-state index in [0.29, 0.717) is 62.1 Å². The number of nitrogens with zero attached hydrogens (tertiary/aromatic N) is 3. The van der Waals surface area contributed by atoms with Gasteiger partial charge in [-0.1, -0.05) is 0 Å². The molecule has 2 aliphatic rings. The SMILES string of the molecule is CCS(=O)(=O)OC1CCC(CN2CCN(c3cc(=O)c4cc(C(F)(F)F)cc([N+](=O)[O-])c4s3)CC2)CC1. The summed E-state index contributed by atoms with van der Waals surface area (Å²) in [4.78, 5) is 27.6. The lowest BCUT2D eigenvalue weighted by molar-refractivity contribution is -0.383. The Morgan fingerprint density at radius 1 is 1.11 bits per heavy atom. The predicted molar refractivity (Wildman–Crippen MR) is 135 cm³/mol. The fourth-order valence-corrected chi connectivity index (χ4v) is 6.82.